The molecule has 0 fully saturated rings. The van der Waals surface area contributed by atoms with E-state index in [0.29, 0.717) is 34.9 Å². The Bertz CT molecular complexity index is 901. The SMILES string of the molecule is CCN(CC)CCN(CC(=O)NC(=O)CN)c1ccc(Cl)cc1C(=O)c1ccccc1. The summed E-state index contributed by atoms with van der Waals surface area (Å²) in [6, 6.07) is 13.9. The topological polar surface area (TPSA) is 95.7 Å². The Labute approximate surface area is 188 Å². The second-order valence-electron chi connectivity index (χ2n) is 6.98. The smallest absolute Gasteiger partial charge is 0.246 e. The highest BCUT2D eigenvalue weighted by atomic mass is 35.5. The number of imide groups is 1. The van der Waals surface area contributed by atoms with E-state index in [1.807, 2.05) is 6.07 Å². The Morgan fingerprint density at radius 1 is 0.968 bits per heavy atom. The summed E-state index contributed by atoms with van der Waals surface area (Å²) in [7, 11) is 0. The highest BCUT2D eigenvalue weighted by Crippen LogP contribution is 2.27. The molecule has 2 rings (SSSR count). The van der Waals surface area contributed by atoms with Crippen LogP contribution in [0.2, 0.25) is 5.02 Å². The third kappa shape index (κ3) is 7.17. The van der Waals surface area contributed by atoms with Crippen LogP contribution in [0.4, 0.5) is 5.69 Å². The van der Waals surface area contributed by atoms with Gasteiger partial charge in [-0.2, -0.15) is 0 Å². The molecule has 0 spiro atoms. The minimum Gasteiger partial charge on any atom is -0.360 e. The fourth-order valence-electron chi connectivity index (χ4n) is 3.22. The van der Waals surface area contributed by atoms with E-state index < -0.39 is 11.8 Å². The first-order valence-electron chi connectivity index (χ1n) is 10.3. The molecule has 0 heterocycles. The van der Waals surface area contributed by atoms with Gasteiger partial charge in [0.1, 0.15) is 0 Å². The summed E-state index contributed by atoms with van der Waals surface area (Å²) in [5.74, 6) is -1.22. The zero-order valence-corrected chi connectivity index (χ0v) is 18.7. The molecule has 31 heavy (non-hydrogen) atoms. The number of likely N-dealkylation sites (N-methyl/N-ethyl adjacent to an activating group) is 1. The molecular formula is C23H29ClN4O3. The van der Waals surface area contributed by atoms with Gasteiger partial charge in [-0.05, 0) is 31.3 Å². The minimum atomic E-state index is -0.551. The number of hydrogen-bond acceptors (Lipinski definition) is 6. The molecule has 0 aliphatic heterocycles. The van der Waals surface area contributed by atoms with Crippen molar-refractivity contribution in [3.63, 3.8) is 0 Å². The summed E-state index contributed by atoms with van der Waals surface area (Å²) < 4.78 is 0. The van der Waals surface area contributed by atoms with Crippen LogP contribution < -0.4 is 16.0 Å². The lowest BCUT2D eigenvalue weighted by Crippen LogP contribution is -2.45. The van der Waals surface area contributed by atoms with Gasteiger partial charge in [-0.1, -0.05) is 55.8 Å². The third-order valence-corrected chi connectivity index (χ3v) is 5.19. The maximum Gasteiger partial charge on any atom is 0.246 e. The summed E-state index contributed by atoms with van der Waals surface area (Å²) in [5.41, 5.74) is 6.81. The Morgan fingerprint density at radius 3 is 2.26 bits per heavy atom. The number of nitrogens with two attached hydrogens (primary N) is 1. The molecule has 0 aromatic heterocycles. The number of anilines is 1. The molecule has 0 radical (unpaired) electrons. The Morgan fingerprint density at radius 2 is 1.65 bits per heavy atom. The van der Waals surface area contributed by atoms with Crippen LogP contribution in [-0.2, 0) is 9.59 Å². The molecule has 2 aromatic rings. The quantitative estimate of drug-likeness (QED) is 0.516. The van der Waals surface area contributed by atoms with Crippen LogP contribution in [0, 0.1) is 0 Å². The number of carbonyl (C=O) groups is 3. The van der Waals surface area contributed by atoms with Gasteiger partial charge in [0.2, 0.25) is 11.8 Å². The maximum atomic E-state index is 13.2. The van der Waals surface area contributed by atoms with E-state index in [2.05, 4.69) is 24.1 Å². The van der Waals surface area contributed by atoms with Crippen molar-refractivity contribution in [2.75, 3.05) is 44.2 Å². The highest BCUT2D eigenvalue weighted by Gasteiger charge is 2.21. The lowest BCUT2D eigenvalue weighted by Gasteiger charge is -2.29. The van der Waals surface area contributed by atoms with Crippen molar-refractivity contribution in [3.05, 3.63) is 64.7 Å². The summed E-state index contributed by atoms with van der Waals surface area (Å²) in [5, 5.41) is 2.69. The molecule has 0 saturated heterocycles. The molecule has 0 aliphatic carbocycles. The van der Waals surface area contributed by atoms with Crippen molar-refractivity contribution in [2.45, 2.75) is 13.8 Å². The van der Waals surface area contributed by atoms with Crippen molar-refractivity contribution >= 4 is 34.9 Å². The van der Waals surface area contributed by atoms with Crippen molar-refractivity contribution in [2.24, 2.45) is 5.73 Å². The van der Waals surface area contributed by atoms with E-state index in [1.54, 1.807) is 47.4 Å². The predicted octanol–water partition coefficient (Wildman–Crippen LogP) is 2.32. The fourth-order valence-corrected chi connectivity index (χ4v) is 3.39. The zero-order valence-electron chi connectivity index (χ0n) is 17.9. The largest absolute Gasteiger partial charge is 0.360 e. The van der Waals surface area contributed by atoms with Gasteiger partial charge in [0.15, 0.2) is 5.78 Å². The van der Waals surface area contributed by atoms with Gasteiger partial charge in [-0.25, -0.2) is 0 Å². The number of halogens is 1. The second-order valence-corrected chi connectivity index (χ2v) is 7.42. The lowest BCUT2D eigenvalue weighted by atomic mass is 10.0. The average molecular weight is 445 g/mol. The molecule has 0 unspecified atom stereocenters. The molecule has 2 aromatic carbocycles. The number of ketones is 1. The number of nitrogens with one attached hydrogen (secondary N) is 1. The molecule has 0 atom stereocenters. The van der Waals surface area contributed by atoms with Crippen LogP contribution in [0.3, 0.4) is 0 Å². The van der Waals surface area contributed by atoms with Crippen molar-refractivity contribution in [3.8, 4) is 0 Å². The third-order valence-electron chi connectivity index (χ3n) is 4.96. The molecule has 166 valence electrons. The lowest BCUT2D eigenvalue weighted by molar-refractivity contribution is -0.128. The van der Waals surface area contributed by atoms with Crippen LogP contribution in [0.15, 0.2) is 48.5 Å². The number of rotatable bonds is 11. The molecule has 0 aliphatic rings. The van der Waals surface area contributed by atoms with Crippen LogP contribution in [0.1, 0.15) is 29.8 Å². The summed E-state index contributed by atoms with van der Waals surface area (Å²) in [4.78, 5) is 41.2. The van der Waals surface area contributed by atoms with E-state index in [1.165, 1.54) is 0 Å². The summed E-state index contributed by atoms with van der Waals surface area (Å²) in [6.45, 7) is 6.65. The predicted molar refractivity (Wildman–Crippen MR) is 124 cm³/mol. The maximum absolute atomic E-state index is 13.2. The van der Waals surface area contributed by atoms with Gasteiger partial charge in [-0.15, -0.1) is 0 Å². The molecule has 3 N–H and O–H groups in total. The standard InChI is InChI=1S/C23H29ClN4O3/c1-3-27(4-2)12-13-28(16-22(30)26-21(29)15-25)20-11-10-18(24)14-19(20)23(31)17-8-6-5-7-9-17/h5-11,14H,3-4,12-13,15-16,25H2,1-2H3,(H,26,29,30). The first-order chi connectivity index (χ1) is 14.9. The first kappa shape index (κ1) is 24.5. The van der Waals surface area contributed by atoms with E-state index >= 15 is 0 Å². The Hall–Kier alpha value is -2.74. The van der Waals surface area contributed by atoms with Crippen LogP contribution in [-0.4, -0.2) is 61.8 Å². The summed E-state index contributed by atoms with van der Waals surface area (Å²) >= 11 is 6.20. The fraction of sp³-hybridized carbons (Fsp3) is 0.348. The Kier molecular flexibility index (Phi) is 9.65. The second kappa shape index (κ2) is 12.2. The van der Waals surface area contributed by atoms with E-state index in [4.69, 9.17) is 17.3 Å². The number of carbonyl (C=O) groups excluding carboxylic acids is 3. The number of benzene rings is 2. The number of nitrogens with zero attached hydrogens (tertiary/aromatic N) is 2. The number of hydrogen-bond donors (Lipinski definition) is 2. The monoisotopic (exact) mass is 444 g/mol. The van der Waals surface area contributed by atoms with Gasteiger partial charge in [0, 0.05) is 34.9 Å². The van der Waals surface area contributed by atoms with Crippen LogP contribution in [0.5, 0.6) is 0 Å². The van der Waals surface area contributed by atoms with Crippen LogP contribution in [0.25, 0.3) is 0 Å². The van der Waals surface area contributed by atoms with Crippen molar-refractivity contribution in [1.82, 2.24) is 10.2 Å². The highest BCUT2D eigenvalue weighted by molar-refractivity contribution is 6.31. The Balaban J connectivity index is 2.40. The van der Waals surface area contributed by atoms with Crippen molar-refractivity contribution in [1.29, 1.82) is 0 Å². The van der Waals surface area contributed by atoms with Gasteiger partial charge in [0.25, 0.3) is 0 Å². The first-order valence-corrected chi connectivity index (χ1v) is 10.7. The molecule has 0 bridgehead atoms. The summed E-state index contributed by atoms with van der Waals surface area (Å²) in [6.07, 6.45) is 0. The van der Waals surface area contributed by atoms with E-state index in [9.17, 15) is 14.4 Å². The molecule has 0 saturated carbocycles. The molecule has 8 heteroatoms. The van der Waals surface area contributed by atoms with E-state index in [-0.39, 0.29) is 18.9 Å². The van der Waals surface area contributed by atoms with E-state index in [0.717, 1.165) is 13.1 Å². The molecular weight excluding hydrogens is 416 g/mol. The van der Waals surface area contributed by atoms with Gasteiger partial charge < -0.3 is 15.5 Å². The van der Waals surface area contributed by atoms with Gasteiger partial charge in [-0.3, -0.25) is 19.7 Å². The van der Waals surface area contributed by atoms with Crippen molar-refractivity contribution < 1.29 is 14.4 Å². The molecule has 2 amide bonds. The minimum absolute atomic E-state index is 0.0935. The van der Waals surface area contributed by atoms with Crippen LogP contribution >= 0.6 is 11.6 Å². The normalized spacial score (nSPS) is 10.7. The number of amides is 2. The average Bonchev–Trinajstić information content (AvgIpc) is 2.78. The van der Waals surface area contributed by atoms with Gasteiger partial charge in [0.05, 0.1) is 13.1 Å². The molecule has 7 nitrogen and oxygen atoms in total. The van der Waals surface area contributed by atoms with Gasteiger partial charge >= 0.3 is 0 Å². The zero-order chi connectivity index (χ0) is 22.8.